The second-order valence-corrected chi connectivity index (χ2v) is 6.94. The summed E-state index contributed by atoms with van der Waals surface area (Å²) in [7, 11) is -0.562. The van der Waals surface area contributed by atoms with Gasteiger partial charge in [0.05, 0.1) is 0 Å². The molecule has 92 valence electrons. The van der Waals surface area contributed by atoms with Gasteiger partial charge in [-0.1, -0.05) is 25.2 Å². The van der Waals surface area contributed by atoms with E-state index in [4.69, 9.17) is 0 Å². The summed E-state index contributed by atoms with van der Waals surface area (Å²) in [5.74, 6) is 0.478. The second kappa shape index (κ2) is 5.07. The maximum atomic E-state index is 11.5. The van der Waals surface area contributed by atoms with Gasteiger partial charge in [-0.05, 0) is 5.92 Å². The molecule has 0 spiro atoms. The van der Waals surface area contributed by atoms with E-state index in [2.05, 4.69) is 28.8 Å². The molecule has 0 aliphatic carbocycles. The number of nitrogens with zero attached hydrogens (tertiary/aromatic N) is 3. The molecule has 8 heteroatoms. The van der Waals surface area contributed by atoms with Crippen LogP contribution in [0, 0.1) is 5.92 Å². The van der Waals surface area contributed by atoms with E-state index in [1.807, 2.05) is 0 Å². The van der Waals surface area contributed by atoms with Crippen molar-refractivity contribution in [3.8, 4) is 0 Å². The van der Waals surface area contributed by atoms with Gasteiger partial charge in [-0.25, -0.2) is 4.72 Å². The Morgan fingerprint density at radius 1 is 1.38 bits per heavy atom. The fourth-order valence-electron chi connectivity index (χ4n) is 0.928. The SMILES string of the molecule is CC(C)Cc1nnc(NS(=O)(=O)N(C)C)s1. The summed E-state index contributed by atoms with van der Waals surface area (Å²) in [6.07, 6.45) is 0.807. The Labute approximate surface area is 99.9 Å². The number of hydrogen-bond acceptors (Lipinski definition) is 5. The van der Waals surface area contributed by atoms with Gasteiger partial charge in [0.1, 0.15) is 5.01 Å². The van der Waals surface area contributed by atoms with Gasteiger partial charge < -0.3 is 0 Å². The van der Waals surface area contributed by atoms with E-state index in [1.165, 1.54) is 25.4 Å². The summed E-state index contributed by atoms with van der Waals surface area (Å²) < 4.78 is 26.4. The zero-order valence-corrected chi connectivity index (χ0v) is 11.4. The molecular formula is C8H16N4O2S2. The third-order valence-electron chi connectivity index (χ3n) is 1.75. The molecule has 1 heterocycles. The average molecular weight is 264 g/mol. The van der Waals surface area contributed by atoms with Crippen molar-refractivity contribution in [2.24, 2.45) is 5.92 Å². The van der Waals surface area contributed by atoms with E-state index >= 15 is 0 Å². The van der Waals surface area contributed by atoms with E-state index in [1.54, 1.807) is 0 Å². The van der Waals surface area contributed by atoms with Crippen molar-refractivity contribution < 1.29 is 8.42 Å². The minimum absolute atomic E-state index is 0.310. The van der Waals surface area contributed by atoms with Gasteiger partial charge >= 0.3 is 10.2 Å². The summed E-state index contributed by atoms with van der Waals surface area (Å²) in [6, 6.07) is 0. The molecule has 1 N–H and O–H groups in total. The van der Waals surface area contributed by atoms with E-state index in [0.29, 0.717) is 11.0 Å². The summed E-state index contributed by atoms with van der Waals surface area (Å²) in [5, 5.41) is 8.86. The van der Waals surface area contributed by atoms with Crippen LogP contribution in [0.3, 0.4) is 0 Å². The quantitative estimate of drug-likeness (QED) is 0.859. The first-order valence-corrected chi connectivity index (χ1v) is 7.09. The molecule has 0 bridgehead atoms. The molecule has 0 radical (unpaired) electrons. The highest BCUT2D eigenvalue weighted by Gasteiger charge is 2.16. The van der Waals surface area contributed by atoms with Gasteiger partial charge in [-0.3, -0.25) is 0 Å². The highest BCUT2D eigenvalue weighted by atomic mass is 32.2. The molecule has 1 aromatic heterocycles. The molecule has 16 heavy (non-hydrogen) atoms. The zero-order valence-electron chi connectivity index (χ0n) is 9.76. The lowest BCUT2D eigenvalue weighted by Gasteiger charge is -2.10. The van der Waals surface area contributed by atoms with Crippen molar-refractivity contribution in [3.63, 3.8) is 0 Å². The maximum Gasteiger partial charge on any atom is 0.302 e. The van der Waals surface area contributed by atoms with Crippen LogP contribution >= 0.6 is 11.3 Å². The maximum absolute atomic E-state index is 11.5. The standard InChI is InChI=1S/C8H16N4O2S2/c1-6(2)5-7-9-10-8(15-7)11-16(13,14)12(3)4/h6H,5H2,1-4H3,(H,10,11). The Morgan fingerprint density at radius 3 is 2.50 bits per heavy atom. The molecule has 0 aliphatic heterocycles. The largest absolute Gasteiger partial charge is 0.302 e. The van der Waals surface area contributed by atoms with E-state index < -0.39 is 10.2 Å². The molecular weight excluding hydrogens is 248 g/mol. The Bertz CT molecular complexity index is 439. The molecule has 0 fully saturated rings. The predicted octanol–water partition coefficient (Wildman–Crippen LogP) is 0.955. The van der Waals surface area contributed by atoms with E-state index in [9.17, 15) is 8.42 Å². The summed E-state index contributed by atoms with van der Waals surface area (Å²) >= 11 is 1.27. The Balaban J connectivity index is 2.73. The van der Waals surface area contributed by atoms with Gasteiger partial charge in [0.15, 0.2) is 0 Å². The van der Waals surface area contributed by atoms with Crippen molar-refractivity contribution in [1.82, 2.24) is 14.5 Å². The lowest BCUT2D eigenvalue weighted by molar-refractivity contribution is 0.526. The molecule has 0 unspecified atom stereocenters. The monoisotopic (exact) mass is 264 g/mol. The number of anilines is 1. The molecule has 0 aromatic carbocycles. The normalized spacial score (nSPS) is 12.4. The van der Waals surface area contributed by atoms with Gasteiger partial charge in [-0.15, -0.1) is 10.2 Å². The lowest BCUT2D eigenvalue weighted by atomic mass is 10.1. The van der Waals surface area contributed by atoms with Crippen LogP contribution in [0.1, 0.15) is 18.9 Å². The molecule has 0 saturated carbocycles. The highest BCUT2D eigenvalue weighted by Crippen LogP contribution is 2.19. The molecule has 1 rings (SSSR count). The first kappa shape index (κ1) is 13.3. The number of nitrogens with one attached hydrogen (secondary N) is 1. The van der Waals surface area contributed by atoms with Crippen LogP contribution in [0.4, 0.5) is 5.13 Å². The Morgan fingerprint density at radius 2 is 2.00 bits per heavy atom. The van der Waals surface area contributed by atoms with Crippen molar-refractivity contribution >= 4 is 26.7 Å². The van der Waals surface area contributed by atoms with Crippen LogP contribution in [0.15, 0.2) is 0 Å². The minimum Gasteiger partial charge on any atom is -0.244 e. The van der Waals surface area contributed by atoms with Gasteiger partial charge in [-0.2, -0.15) is 12.7 Å². The van der Waals surface area contributed by atoms with E-state index in [-0.39, 0.29) is 0 Å². The zero-order chi connectivity index (χ0) is 12.3. The summed E-state index contributed by atoms with van der Waals surface area (Å²) in [5.41, 5.74) is 0. The summed E-state index contributed by atoms with van der Waals surface area (Å²) in [4.78, 5) is 0. The fraction of sp³-hybridized carbons (Fsp3) is 0.750. The molecule has 0 aliphatic rings. The third-order valence-corrected chi connectivity index (χ3v) is 4.15. The van der Waals surface area contributed by atoms with Gasteiger partial charge in [0.2, 0.25) is 5.13 Å². The number of rotatable bonds is 5. The number of aromatic nitrogens is 2. The van der Waals surface area contributed by atoms with Crippen LogP contribution in [-0.4, -0.2) is 37.0 Å². The van der Waals surface area contributed by atoms with Crippen molar-refractivity contribution in [2.45, 2.75) is 20.3 Å². The van der Waals surface area contributed by atoms with Crippen LogP contribution in [0.2, 0.25) is 0 Å². The van der Waals surface area contributed by atoms with Crippen LogP contribution in [0.5, 0.6) is 0 Å². The van der Waals surface area contributed by atoms with Crippen LogP contribution < -0.4 is 4.72 Å². The van der Waals surface area contributed by atoms with Crippen LogP contribution in [0.25, 0.3) is 0 Å². The highest BCUT2D eigenvalue weighted by molar-refractivity contribution is 7.90. The molecule has 0 atom stereocenters. The van der Waals surface area contributed by atoms with Crippen molar-refractivity contribution in [3.05, 3.63) is 5.01 Å². The molecule has 6 nitrogen and oxygen atoms in total. The average Bonchev–Trinajstić information content (AvgIpc) is 2.50. The fourth-order valence-corrected chi connectivity index (χ4v) is 2.66. The minimum atomic E-state index is -3.48. The number of hydrogen-bond donors (Lipinski definition) is 1. The van der Waals surface area contributed by atoms with Gasteiger partial charge in [0, 0.05) is 20.5 Å². The third kappa shape index (κ3) is 3.69. The first-order chi connectivity index (χ1) is 7.31. The summed E-state index contributed by atoms with van der Waals surface area (Å²) in [6.45, 7) is 4.15. The van der Waals surface area contributed by atoms with Crippen molar-refractivity contribution in [1.29, 1.82) is 0 Å². The Kier molecular flexibility index (Phi) is 4.22. The smallest absolute Gasteiger partial charge is 0.244 e. The first-order valence-electron chi connectivity index (χ1n) is 4.84. The Hall–Kier alpha value is -0.730. The molecule has 0 saturated heterocycles. The topological polar surface area (TPSA) is 75.2 Å². The van der Waals surface area contributed by atoms with E-state index in [0.717, 1.165) is 15.7 Å². The van der Waals surface area contributed by atoms with Crippen molar-refractivity contribution in [2.75, 3.05) is 18.8 Å². The second-order valence-electron chi connectivity index (χ2n) is 3.99. The molecule has 0 amide bonds. The van der Waals surface area contributed by atoms with Crippen LogP contribution in [-0.2, 0) is 16.6 Å². The van der Waals surface area contributed by atoms with Gasteiger partial charge in [0.25, 0.3) is 0 Å². The molecule has 1 aromatic rings. The lowest BCUT2D eigenvalue weighted by Crippen LogP contribution is -2.28. The predicted molar refractivity (Wildman–Crippen MR) is 64.7 cm³/mol.